The van der Waals surface area contributed by atoms with E-state index in [0.29, 0.717) is 18.3 Å². The molecule has 0 spiro atoms. The minimum atomic E-state index is -1.17. The quantitative estimate of drug-likeness (QED) is 0.332. The van der Waals surface area contributed by atoms with Crippen molar-refractivity contribution in [1.29, 1.82) is 0 Å². The predicted molar refractivity (Wildman–Crippen MR) is 172 cm³/mol. The van der Waals surface area contributed by atoms with Crippen LogP contribution in [-0.2, 0) is 25.7 Å². The van der Waals surface area contributed by atoms with Crippen molar-refractivity contribution in [2.24, 2.45) is 17.6 Å². The largest absolute Gasteiger partial charge is 0.374 e. The Kier molecular flexibility index (Phi) is 14.4. The van der Waals surface area contributed by atoms with Crippen LogP contribution in [0.4, 0.5) is 5.82 Å². The van der Waals surface area contributed by atoms with E-state index in [2.05, 4.69) is 22.5 Å². The normalized spacial score (nSPS) is 17.6. The molecule has 10 nitrogen and oxygen atoms in total. The molecule has 2 aromatic rings. The molecule has 2 aliphatic rings. The van der Waals surface area contributed by atoms with Gasteiger partial charge in [-0.25, -0.2) is 4.98 Å². The number of carbonyl (C=O) groups excluding carboxylic acids is 3. The van der Waals surface area contributed by atoms with Gasteiger partial charge >= 0.3 is 0 Å². The summed E-state index contributed by atoms with van der Waals surface area (Å²) in [5, 5.41) is 5.53. The van der Waals surface area contributed by atoms with Crippen molar-refractivity contribution < 1.29 is 19.1 Å². The number of piperidine rings is 1. The zero-order valence-electron chi connectivity index (χ0n) is 25.5. The molecule has 0 radical (unpaired) electrons. The first kappa shape index (κ1) is 36.5. The standard InChI is InChI=1S/C31H46N6O4.2ClH/c1-22-14-16-36(17-15-22)29(39)27(24-12-8-5-9-13-24)37-18-26(33-21-37)35-28(38)25(34-30(40)31(2,3)32)20-41-19-23-10-6-4-7-11-23;;/h4,6-7,10-11,18,21-22,24-25,27H,5,8-9,12-17,19-20,32H2,1-3H3,(H,34,40)(H,35,38);2*1H/t25-,27?;;/m1../s1. The number of nitrogens with zero attached hydrogens (tertiary/aromatic N) is 3. The van der Waals surface area contributed by atoms with Crippen molar-refractivity contribution in [1.82, 2.24) is 19.8 Å². The number of likely N-dealkylation sites (tertiary alicyclic amines) is 1. The molecule has 4 N–H and O–H groups in total. The van der Waals surface area contributed by atoms with Gasteiger partial charge in [0.1, 0.15) is 12.1 Å². The molecular formula is C31H48Cl2N6O4. The number of benzene rings is 1. The second-order valence-corrected chi connectivity index (χ2v) is 12.3. The van der Waals surface area contributed by atoms with Crippen molar-refractivity contribution in [2.75, 3.05) is 25.0 Å². The lowest BCUT2D eigenvalue weighted by Crippen LogP contribution is -2.56. The fourth-order valence-electron chi connectivity index (χ4n) is 5.60. The average molecular weight is 640 g/mol. The number of imidazole rings is 1. The number of nitrogens with two attached hydrogens (primary N) is 1. The van der Waals surface area contributed by atoms with Crippen molar-refractivity contribution >= 4 is 48.4 Å². The molecule has 1 aliphatic heterocycles. The highest BCUT2D eigenvalue weighted by molar-refractivity contribution is 5.98. The summed E-state index contributed by atoms with van der Waals surface area (Å²) in [5.74, 6) is 0.404. The van der Waals surface area contributed by atoms with Crippen LogP contribution < -0.4 is 16.4 Å². The fraction of sp³-hybridized carbons (Fsp3) is 0.613. The highest BCUT2D eigenvalue weighted by Crippen LogP contribution is 2.35. The average Bonchev–Trinajstić information content (AvgIpc) is 3.41. The van der Waals surface area contributed by atoms with Crippen molar-refractivity contribution in [3.05, 3.63) is 48.4 Å². The lowest BCUT2D eigenvalue weighted by molar-refractivity contribution is -0.138. The highest BCUT2D eigenvalue weighted by atomic mass is 35.5. The fourth-order valence-corrected chi connectivity index (χ4v) is 5.60. The first-order chi connectivity index (χ1) is 19.6. The summed E-state index contributed by atoms with van der Waals surface area (Å²) in [5.41, 5.74) is 5.76. The minimum Gasteiger partial charge on any atom is -0.374 e. The van der Waals surface area contributed by atoms with E-state index in [0.717, 1.165) is 57.2 Å². The molecule has 1 saturated heterocycles. The summed E-state index contributed by atoms with van der Waals surface area (Å²) in [6.07, 6.45) is 10.9. The molecule has 1 aromatic carbocycles. The number of nitrogens with one attached hydrogen (secondary N) is 2. The van der Waals surface area contributed by atoms with Gasteiger partial charge in [0.2, 0.25) is 11.8 Å². The van der Waals surface area contributed by atoms with Gasteiger partial charge in [0.25, 0.3) is 5.91 Å². The molecule has 43 heavy (non-hydrogen) atoms. The van der Waals surface area contributed by atoms with Crippen molar-refractivity contribution in [2.45, 2.75) is 89.9 Å². The van der Waals surface area contributed by atoms with E-state index >= 15 is 0 Å². The summed E-state index contributed by atoms with van der Waals surface area (Å²) >= 11 is 0. The molecule has 240 valence electrons. The van der Waals surface area contributed by atoms with Gasteiger partial charge in [-0.3, -0.25) is 14.4 Å². The van der Waals surface area contributed by atoms with Crippen LogP contribution in [0.25, 0.3) is 0 Å². The SMILES string of the molecule is CC1CCN(C(=O)C(C2CCCCC2)n2cnc(NC(=O)[C@@H](COCc3ccccc3)NC(=O)C(C)(C)N)c2)CC1.Cl.Cl. The Morgan fingerprint density at radius 1 is 1.05 bits per heavy atom. The summed E-state index contributed by atoms with van der Waals surface area (Å²) in [7, 11) is 0. The Morgan fingerprint density at radius 2 is 1.70 bits per heavy atom. The number of rotatable bonds is 11. The molecule has 2 fully saturated rings. The molecule has 2 heterocycles. The van der Waals surface area contributed by atoms with Gasteiger partial charge in [-0.15, -0.1) is 24.8 Å². The maximum atomic E-state index is 13.8. The first-order valence-electron chi connectivity index (χ1n) is 15.0. The van der Waals surface area contributed by atoms with Crippen molar-refractivity contribution in [3.63, 3.8) is 0 Å². The Morgan fingerprint density at radius 3 is 2.33 bits per heavy atom. The molecule has 2 atom stereocenters. The lowest BCUT2D eigenvalue weighted by atomic mass is 9.83. The van der Waals surface area contributed by atoms with Crippen LogP contribution >= 0.6 is 24.8 Å². The number of halogens is 2. The summed E-state index contributed by atoms with van der Waals surface area (Å²) in [6, 6.07) is 8.27. The summed E-state index contributed by atoms with van der Waals surface area (Å²) in [4.78, 5) is 46.2. The van der Waals surface area contributed by atoms with Crippen LogP contribution in [0.1, 0.15) is 77.3 Å². The number of amides is 3. The van der Waals surface area contributed by atoms with E-state index in [1.165, 1.54) is 6.42 Å². The lowest BCUT2D eigenvalue weighted by Gasteiger charge is -2.37. The Labute approximate surface area is 267 Å². The van der Waals surface area contributed by atoms with E-state index in [9.17, 15) is 14.4 Å². The second kappa shape index (κ2) is 17.0. The van der Waals surface area contributed by atoms with Gasteiger partial charge < -0.3 is 30.6 Å². The van der Waals surface area contributed by atoms with E-state index < -0.39 is 23.4 Å². The van der Waals surface area contributed by atoms with Gasteiger partial charge in [0.15, 0.2) is 5.82 Å². The Bertz CT molecular complexity index is 1160. The minimum absolute atomic E-state index is 0. The first-order valence-corrected chi connectivity index (χ1v) is 15.0. The van der Waals surface area contributed by atoms with E-state index in [4.69, 9.17) is 10.5 Å². The molecule has 4 rings (SSSR count). The van der Waals surface area contributed by atoms with Gasteiger partial charge in [0, 0.05) is 19.3 Å². The topological polar surface area (TPSA) is 132 Å². The Balaban J connectivity index is 0.00000323. The van der Waals surface area contributed by atoms with E-state index in [1.54, 1.807) is 26.4 Å². The summed E-state index contributed by atoms with van der Waals surface area (Å²) in [6.45, 7) is 7.21. The zero-order valence-corrected chi connectivity index (χ0v) is 27.1. The number of anilines is 1. The van der Waals surface area contributed by atoms with Gasteiger partial charge in [-0.1, -0.05) is 56.5 Å². The highest BCUT2D eigenvalue weighted by Gasteiger charge is 2.35. The zero-order chi connectivity index (χ0) is 29.4. The van der Waals surface area contributed by atoms with E-state index in [1.807, 2.05) is 39.8 Å². The molecule has 12 heteroatoms. The van der Waals surface area contributed by atoms with Crippen LogP contribution in [0.5, 0.6) is 0 Å². The molecule has 3 amide bonds. The molecule has 1 unspecified atom stereocenters. The van der Waals surface area contributed by atoms with Crippen molar-refractivity contribution in [3.8, 4) is 0 Å². The third-order valence-electron chi connectivity index (χ3n) is 8.22. The van der Waals surface area contributed by atoms with Gasteiger partial charge in [-0.05, 0) is 56.9 Å². The van der Waals surface area contributed by atoms with Gasteiger partial charge in [0.05, 0.1) is 25.1 Å². The predicted octanol–water partition coefficient (Wildman–Crippen LogP) is 4.48. The third kappa shape index (κ3) is 10.5. The number of ether oxygens (including phenoxy) is 1. The van der Waals surface area contributed by atoms with Gasteiger partial charge in [-0.2, -0.15) is 0 Å². The number of hydrogen-bond acceptors (Lipinski definition) is 6. The monoisotopic (exact) mass is 638 g/mol. The molecule has 0 bridgehead atoms. The van der Waals surface area contributed by atoms with Crippen LogP contribution in [0.15, 0.2) is 42.9 Å². The number of aromatic nitrogens is 2. The maximum Gasteiger partial charge on any atom is 0.250 e. The number of carbonyl (C=O) groups is 3. The molecule has 1 aliphatic carbocycles. The number of hydrogen-bond donors (Lipinski definition) is 3. The third-order valence-corrected chi connectivity index (χ3v) is 8.22. The molecule has 1 saturated carbocycles. The van der Waals surface area contributed by atoms with E-state index in [-0.39, 0.29) is 49.3 Å². The molecular weight excluding hydrogens is 591 g/mol. The van der Waals surface area contributed by atoms with Crippen LogP contribution in [0.3, 0.4) is 0 Å². The van der Waals surface area contributed by atoms with Crippen LogP contribution in [-0.4, -0.2) is 63.4 Å². The van der Waals surface area contributed by atoms with Crippen LogP contribution in [0.2, 0.25) is 0 Å². The smallest absolute Gasteiger partial charge is 0.250 e. The summed E-state index contributed by atoms with van der Waals surface area (Å²) < 4.78 is 7.66. The Hall–Kier alpha value is -2.66. The van der Waals surface area contributed by atoms with Crippen LogP contribution in [0, 0.1) is 11.8 Å². The maximum absolute atomic E-state index is 13.8. The molecule has 1 aromatic heterocycles. The second-order valence-electron chi connectivity index (χ2n) is 12.3.